The molecule has 0 atom stereocenters. The minimum atomic E-state index is 0.838. The number of benzene rings is 1. The van der Waals surface area contributed by atoms with E-state index in [2.05, 4.69) is 54.7 Å². The second-order valence-corrected chi connectivity index (χ2v) is 4.45. The van der Waals surface area contributed by atoms with E-state index in [1.54, 1.807) is 0 Å². The van der Waals surface area contributed by atoms with Crippen LogP contribution in [0.15, 0.2) is 30.5 Å². The quantitative estimate of drug-likeness (QED) is 0.871. The summed E-state index contributed by atoms with van der Waals surface area (Å²) in [5.74, 6) is 0. The fraction of sp³-hybridized carbons (Fsp3) is 0.357. The van der Waals surface area contributed by atoms with Crippen molar-refractivity contribution in [2.24, 2.45) is 0 Å². The van der Waals surface area contributed by atoms with Gasteiger partial charge in [0.2, 0.25) is 0 Å². The fourth-order valence-electron chi connectivity index (χ4n) is 1.88. The van der Waals surface area contributed by atoms with Crippen molar-refractivity contribution < 1.29 is 0 Å². The molecule has 0 unspecified atom stereocenters. The van der Waals surface area contributed by atoms with Crippen LogP contribution < -0.4 is 5.32 Å². The first-order valence-corrected chi connectivity index (χ1v) is 5.92. The molecule has 90 valence electrons. The number of hydrogen-bond donors (Lipinski definition) is 1. The average molecular weight is 229 g/mol. The number of aryl methyl sites for hydroxylation is 2. The Morgan fingerprint density at radius 2 is 1.88 bits per heavy atom. The van der Waals surface area contributed by atoms with Crippen molar-refractivity contribution in [3.05, 3.63) is 52.8 Å². The molecule has 0 bridgehead atoms. The van der Waals surface area contributed by atoms with Crippen LogP contribution in [0.1, 0.15) is 22.4 Å². The minimum Gasteiger partial charge on any atom is -0.316 e. The molecule has 17 heavy (non-hydrogen) atoms. The van der Waals surface area contributed by atoms with Gasteiger partial charge in [0.25, 0.3) is 0 Å². The van der Waals surface area contributed by atoms with Gasteiger partial charge in [-0.05, 0) is 26.5 Å². The lowest BCUT2D eigenvalue weighted by Gasteiger charge is -2.02. The van der Waals surface area contributed by atoms with Gasteiger partial charge in [0.15, 0.2) is 0 Å². The molecular formula is C14H19N3. The van der Waals surface area contributed by atoms with Gasteiger partial charge >= 0.3 is 0 Å². The molecule has 3 heteroatoms. The monoisotopic (exact) mass is 229 g/mol. The van der Waals surface area contributed by atoms with Crippen molar-refractivity contribution in [1.82, 2.24) is 15.1 Å². The third-order valence-electron chi connectivity index (χ3n) is 2.88. The molecule has 0 aliphatic rings. The van der Waals surface area contributed by atoms with Gasteiger partial charge in [-0.1, -0.05) is 29.8 Å². The SMILES string of the molecule is CNCc1cn(Cc2ccc(C)cc2)nc1C. The first kappa shape index (κ1) is 11.9. The predicted molar refractivity (Wildman–Crippen MR) is 70.0 cm³/mol. The van der Waals surface area contributed by atoms with Gasteiger partial charge in [-0.15, -0.1) is 0 Å². The third kappa shape index (κ3) is 2.94. The van der Waals surface area contributed by atoms with E-state index in [0.29, 0.717) is 0 Å². The zero-order chi connectivity index (χ0) is 12.3. The van der Waals surface area contributed by atoms with Crippen molar-refractivity contribution in [2.75, 3.05) is 7.05 Å². The maximum atomic E-state index is 4.52. The number of nitrogens with one attached hydrogen (secondary N) is 1. The van der Waals surface area contributed by atoms with Crippen LogP contribution in [0.3, 0.4) is 0 Å². The molecule has 0 saturated heterocycles. The Morgan fingerprint density at radius 1 is 1.18 bits per heavy atom. The lowest BCUT2D eigenvalue weighted by atomic mass is 10.1. The average Bonchev–Trinajstić information content (AvgIpc) is 2.63. The zero-order valence-electron chi connectivity index (χ0n) is 10.7. The van der Waals surface area contributed by atoms with Crippen molar-refractivity contribution in [3.63, 3.8) is 0 Å². The van der Waals surface area contributed by atoms with Crippen LogP contribution in [0.2, 0.25) is 0 Å². The van der Waals surface area contributed by atoms with Crippen molar-refractivity contribution in [2.45, 2.75) is 26.9 Å². The summed E-state index contributed by atoms with van der Waals surface area (Å²) in [7, 11) is 1.96. The van der Waals surface area contributed by atoms with E-state index in [1.807, 2.05) is 11.7 Å². The van der Waals surface area contributed by atoms with Gasteiger partial charge < -0.3 is 5.32 Å². The molecule has 0 aliphatic carbocycles. The Kier molecular flexibility index (Phi) is 3.59. The molecule has 0 fully saturated rings. The summed E-state index contributed by atoms with van der Waals surface area (Å²) in [6.45, 7) is 5.87. The fourth-order valence-corrected chi connectivity index (χ4v) is 1.88. The molecule has 2 aromatic rings. The van der Waals surface area contributed by atoms with E-state index in [-0.39, 0.29) is 0 Å². The first-order valence-electron chi connectivity index (χ1n) is 5.92. The molecule has 0 amide bonds. The summed E-state index contributed by atoms with van der Waals surface area (Å²) in [4.78, 5) is 0. The highest BCUT2D eigenvalue weighted by molar-refractivity contribution is 5.22. The Hall–Kier alpha value is -1.61. The van der Waals surface area contributed by atoms with Crippen molar-refractivity contribution >= 4 is 0 Å². The number of aromatic nitrogens is 2. The van der Waals surface area contributed by atoms with E-state index >= 15 is 0 Å². The van der Waals surface area contributed by atoms with Crippen LogP contribution in [0.25, 0.3) is 0 Å². The van der Waals surface area contributed by atoms with Gasteiger partial charge in [-0.3, -0.25) is 4.68 Å². The molecule has 1 heterocycles. The predicted octanol–water partition coefficient (Wildman–Crippen LogP) is 2.27. The van der Waals surface area contributed by atoms with Gasteiger partial charge in [-0.2, -0.15) is 5.10 Å². The zero-order valence-corrected chi connectivity index (χ0v) is 10.7. The number of rotatable bonds is 4. The van der Waals surface area contributed by atoms with Crippen LogP contribution in [-0.4, -0.2) is 16.8 Å². The molecule has 0 saturated carbocycles. The normalized spacial score (nSPS) is 10.8. The Labute approximate surface area is 102 Å². The van der Waals surface area contributed by atoms with E-state index in [4.69, 9.17) is 0 Å². The largest absolute Gasteiger partial charge is 0.316 e. The standard InChI is InChI=1S/C14H19N3/c1-11-4-6-13(7-5-11)9-17-10-14(8-15-3)12(2)16-17/h4-7,10,15H,8-9H2,1-3H3. The molecular weight excluding hydrogens is 210 g/mol. The minimum absolute atomic E-state index is 0.838. The Balaban J connectivity index is 2.13. The van der Waals surface area contributed by atoms with Crippen LogP contribution in [-0.2, 0) is 13.1 Å². The number of nitrogens with zero attached hydrogens (tertiary/aromatic N) is 2. The van der Waals surface area contributed by atoms with Gasteiger partial charge in [0, 0.05) is 18.3 Å². The lowest BCUT2D eigenvalue weighted by Crippen LogP contribution is -2.05. The lowest BCUT2D eigenvalue weighted by molar-refractivity contribution is 0.679. The summed E-state index contributed by atoms with van der Waals surface area (Å²) in [5.41, 5.74) is 4.95. The molecule has 1 aromatic carbocycles. The molecule has 2 rings (SSSR count). The summed E-state index contributed by atoms with van der Waals surface area (Å²) < 4.78 is 2.01. The van der Waals surface area contributed by atoms with Crippen LogP contribution in [0.5, 0.6) is 0 Å². The third-order valence-corrected chi connectivity index (χ3v) is 2.88. The van der Waals surface area contributed by atoms with E-state index in [0.717, 1.165) is 18.8 Å². The Bertz CT molecular complexity index is 483. The highest BCUT2D eigenvalue weighted by atomic mass is 15.3. The topological polar surface area (TPSA) is 29.9 Å². The van der Waals surface area contributed by atoms with Gasteiger partial charge in [0.05, 0.1) is 12.2 Å². The van der Waals surface area contributed by atoms with E-state index < -0.39 is 0 Å². The maximum absolute atomic E-state index is 4.52. The summed E-state index contributed by atoms with van der Waals surface area (Å²) in [5, 5.41) is 7.68. The maximum Gasteiger partial charge on any atom is 0.0659 e. The molecule has 3 nitrogen and oxygen atoms in total. The number of hydrogen-bond acceptors (Lipinski definition) is 2. The van der Waals surface area contributed by atoms with Crippen molar-refractivity contribution in [3.8, 4) is 0 Å². The van der Waals surface area contributed by atoms with E-state index in [1.165, 1.54) is 16.7 Å². The Morgan fingerprint density at radius 3 is 2.53 bits per heavy atom. The first-order chi connectivity index (χ1) is 8.19. The van der Waals surface area contributed by atoms with Crippen LogP contribution in [0, 0.1) is 13.8 Å². The van der Waals surface area contributed by atoms with Crippen molar-refractivity contribution in [1.29, 1.82) is 0 Å². The molecule has 1 N–H and O–H groups in total. The second kappa shape index (κ2) is 5.15. The molecule has 1 aromatic heterocycles. The van der Waals surface area contributed by atoms with Crippen LogP contribution >= 0.6 is 0 Å². The smallest absolute Gasteiger partial charge is 0.0659 e. The molecule has 0 spiro atoms. The molecule has 0 radical (unpaired) electrons. The van der Waals surface area contributed by atoms with Gasteiger partial charge in [-0.25, -0.2) is 0 Å². The summed E-state index contributed by atoms with van der Waals surface area (Å²) in [6, 6.07) is 8.59. The van der Waals surface area contributed by atoms with E-state index in [9.17, 15) is 0 Å². The highest BCUT2D eigenvalue weighted by Gasteiger charge is 2.04. The molecule has 0 aliphatic heterocycles. The summed E-state index contributed by atoms with van der Waals surface area (Å²) >= 11 is 0. The second-order valence-electron chi connectivity index (χ2n) is 4.45. The highest BCUT2D eigenvalue weighted by Crippen LogP contribution is 2.09. The van der Waals surface area contributed by atoms with Gasteiger partial charge in [0.1, 0.15) is 0 Å². The summed E-state index contributed by atoms with van der Waals surface area (Å²) in [6.07, 6.45) is 2.12. The van der Waals surface area contributed by atoms with Crippen LogP contribution in [0.4, 0.5) is 0 Å².